The second-order valence-corrected chi connectivity index (χ2v) is 21.4. The summed E-state index contributed by atoms with van der Waals surface area (Å²) in [5.74, 6) is -0.293. The lowest BCUT2D eigenvalue weighted by atomic mass is 9.81. The van der Waals surface area contributed by atoms with Gasteiger partial charge in [-0.15, -0.1) is 0 Å². The molecule has 0 saturated carbocycles. The van der Waals surface area contributed by atoms with Crippen molar-refractivity contribution in [1.29, 1.82) is 0 Å². The Morgan fingerprint density at radius 2 is 0.973 bits per heavy atom. The van der Waals surface area contributed by atoms with Crippen molar-refractivity contribution >= 4 is 84.6 Å². The number of carbonyl (C=O) groups excluding carboxylic acids is 4. The number of anilines is 3. The normalized spacial score (nSPS) is 13.9. The smallest absolute Gasteiger partial charge is 0.280 e. The van der Waals surface area contributed by atoms with Crippen LogP contribution in [0.2, 0.25) is 0 Å². The van der Waals surface area contributed by atoms with Crippen LogP contribution in [0.15, 0.2) is 84.9 Å². The number of ether oxygens (including phenoxy) is 2. The Morgan fingerprint density at radius 3 is 1.49 bits per heavy atom. The first-order chi connectivity index (χ1) is 35.0. The Hall–Kier alpha value is -7.87. The number of nitrogens with one attached hydrogen (secondary N) is 2. The highest BCUT2D eigenvalue weighted by Gasteiger charge is 2.40. The summed E-state index contributed by atoms with van der Waals surface area (Å²) in [6.45, 7) is 18.0. The monoisotopic (exact) mass is 978 g/mol. The van der Waals surface area contributed by atoms with Crippen molar-refractivity contribution in [3.8, 4) is 23.0 Å². The highest BCUT2D eigenvalue weighted by atomic mass is 16.5. The molecule has 14 heteroatoms. The fraction of sp³-hybridized carbons (Fsp3) is 0.339. The molecule has 1 aromatic heterocycles. The van der Waals surface area contributed by atoms with Gasteiger partial charge < -0.3 is 20.5 Å². The number of hydrazine groups is 1. The summed E-state index contributed by atoms with van der Waals surface area (Å²) in [6, 6.07) is 26.4. The van der Waals surface area contributed by atoms with E-state index in [-0.39, 0.29) is 52.3 Å². The number of imide groups is 2. The van der Waals surface area contributed by atoms with Crippen LogP contribution < -0.4 is 25.9 Å². The van der Waals surface area contributed by atoms with Crippen molar-refractivity contribution in [3.05, 3.63) is 118 Å². The van der Waals surface area contributed by atoms with E-state index in [9.17, 15) is 14.4 Å². The molecule has 4 N–H and O–H groups in total. The number of benzene rings is 7. The van der Waals surface area contributed by atoms with E-state index < -0.39 is 17.7 Å². The summed E-state index contributed by atoms with van der Waals surface area (Å²) in [5.41, 5.74) is 12.2. The number of hydrogen-bond acceptors (Lipinski definition) is 12. The summed E-state index contributed by atoms with van der Waals surface area (Å²) in [6.07, 6.45) is 7.73. The van der Waals surface area contributed by atoms with E-state index in [0.29, 0.717) is 90.2 Å². The molecule has 0 bridgehead atoms. The second-order valence-electron chi connectivity index (χ2n) is 21.4. The van der Waals surface area contributed by atoms with Crippen LogP contribution in [-0.2, 0) is 10.8 Å². The third-order valence-electron chi connectivity index (χ3n) is 14.2. The average Bonchev–Trinajstić information content (AvgIpc) is 3.35. The molecule has 0 atom stereocenters. The lowest BCUT2D eigenvalue weighted by Gasteiger charge is -2.31. The molecule has 0 radical (unpaired) electrons. The van der Waals surface area contributed by atoms with Crippen LogP contribution in [0.5, 0.6) is 23.0 Å². The molecular formula is C59H62N8O6. The van der Waals surface area contributed by atoms with E-state index in [0.717, 1.165) is 61.1 Å². The number of nitrogen functional groups attached to an aromatic ring is 1. The predicted molar refractivity (Wildman–Crippen MR) is 289 cm³/mol. The van der Waals surface area contributed by atoms with Crippen LogP contribution in [0.4, 0.5) is 17.8 Å². The third kappa shape index (κ3) is 8.86. The van der Waals surface area contributed by atoms with Gasteiger partial charge in [-0.1, -0.05) is 130 Å². The van der Waals surface area contributed by atoms with E-state index in [1.807, 2.05) is 60.7 Å². The van der Waals surface area contributed by atoms with Gasteiger partial charge in [0.05, 0.1) is 16.7 Å². The van der Waals surface area contributed by atoms with Gasteiger partial charge in [0.1, 0.15) is 23.0 Å². The molecule has 2 aliphatic rings. The summed E-state index contributed by atoms with van der Waals surface area (Å²) in [4.78, 5) is 73.7. The molecule has 14 nitrogen and oxygen atoms in total. The topological polar surface area (TPSA) is 182 Å². The number of nitrogens with two attached hydrogens (primary N) is 1. The molecule has 0 aliphatic carbocycles. The fourth-order valence-electron chi connectivity index (χ4n) is 10.3. The van der Waals surface area contributed by atoms with Crippen molar-refractivity contribution in [3.63, 3.8) is 0 Å². The van der Waals surface area contributed by atoms with Gasteiger partial charge in [0.2, 0.25) is 17.8 Å². The van der Waals surface area contributed by atoms with E-state index >= 15 is 4.79 Å². The van der Waals surface area contributed by atoms with Crippen LogP contribution in [-0.4, -0.2) is 61.6 Å². The summed E-state index contributed by atoms with van der Waals surface area (Å²) in [5, 5.41) is 8.68. The van der Waals surface area contributed by atoms with Crippen molar-refractivity contribution in [2.45, 2.75) is 118 Å². The zero-order chi connectivity index (χ0) is 51.5. The number of rotatable bonds is 17. The van der Waals surface area contributed by atoms with Gasteiger partial charge in [0.15, 0.2) is 0 Å². The zero-order valence-electron chi connectivity index (χ0n) is 42.9. The van der Waals surface area contributed by atoms with E-state index in [1.54, 1.807) is 24.3 Å². The molecule has 374 valence electrons. The number of aromatic nitrogens is 3. The number of nitrogens with zero attached hydrogens (tertiary/aromatic N) is 5. The van der Waals surface area contributed by atoms with Crippen molar-refractivity contribution in [2.75, 3.05) is 29.6 Å². The minimum absolute atomic E-state index is 0.0932. The quantitative estimate of drug-likeness (QED) is 0.0340. The third-order valence-corrected chi connectivity index (χ3v) is 14.2. The molecule has 0 fully saturated rings. The van der Waals surface area contributed by atoms with E-state index in [1.165, 1.54) is 4.90 Å². The molecule has 8 aromatic rings. The first-order valence-electron chi connectivity index (χ1n) is 25.6. The van der Waals surface area contributed by atoms with E-state index in [2.05, 4.69) is 81.1 Å². The summed E-state index contributed by atoms with van der Waals surface area (Å²) < 4.78 is 13.8. The van der Waals surface area contributed by atoms with Gasteiger partial charge >= 0.3 is 0 Å². The molecule has 3 heterocycles. The van der Waals surface area contributed by atoms with Gasteiger partial charge in [-0.25, -0.2) is 0 Å². The zero-order valence-corrected chi connectivity index (χ0v) is 42.9. The van der Waals surface area contributed by atoms with Gasteiger partial charge in [-0.3, -0.25) is 29.5 Å². The number of unbranched alkanes of at least 4 members (excludes halogenated alkanes) is 6. The van der Waals surface area contributed by atoms with Gasteiger partial charge in [-0.05, 0) is 94.1 Å². The lowest BCUT2D eigenvalue weighted by Crippen LogP contribution is -2.44. The Kier molecular flexibility index (Phi) is 12.7. The number of hydrogen-bond donors (Lipinski definition) is 3. The van der Waals surface area contributed by atoms with Gasteiger partial charge in [-0.2, -0.15) is 20.0 Å². The van der Waals surface area contributed by atoms with Crippen LogP contribution in [0.25, 0.3) is 43.1 Å². The Morgan fingerprint density at radius 1 is 0.507 bits per heavy atom. The number of carbonyl (C=O) groups is 4. The maximum absolute atomic E-state index is 15.1. The minimum Gasteiger partial charge on any atom is -0.457 e. The summed E-state index contributed by atoms with van der Waals surface area (Å²) in [7, 11) is 0. The maximum Gasteiger partial charge on any atom is 0.280 e. The Labute approximate surface area is 425 Å². The summed E-state index contributed by atoms with van der Waals surface area (Å²) >= 11 is 0. The van der Waals surface area contributed by atoms with Crippen molar-refractivity contribution in [1.82, 2.24) is 24.9 Å². The number of fused-ring (bicyclic) bond motifs is 2. The Balaban J connectivity index is 1.20. The van der Waals surface area contributed by atoms with Crippen LogP contribution in [0.3, 0.4) is 0 Å². The molecule has 0 spiro atoms. The van der Waals surface area contributed by atoms with Crippen LogP contribution >= 0.6 is 0 Å². The van der Waals surface area contributed by atoms with E-state index in [4.69, 9.17) is 15.2 Å². The fourth-order valence-corrected chi connectivity index (χ4v) is 10.3. The molecule has 4 amide bonds. The Bertz CT molecular complexity index is 3500. The predicted octanol–water partition coefficient (Wildman–Crippen LogP) is 13.5. The molecular weight excluding hydrogens is 917 g/mol. The van der Waals surface area contributed by atoms with Crippen molar-refractivity contribution in [2.24, 2.45) is 0 Å². The second kappa shape index (κ2) is 19.0. The largest absolute Gasteiger partial charge is 0.457 e. The van der Waals surface area contributed by atoms with Gasteiger partial charge in [0.25, 0.3) is 23.6 Å². The van der Waals surface area contributed by atoms with Crippen LogP contribution in [0, 0.1) is 0 Å². The SMILES string of the molecule is CCCCCCNc1nc(N)nc(NN2C(=O)c3ccc4c5c(Oc6ccc(C(C)(C)C)cc6)cc6c7c(ccc(c8c(Oc9ccc(C(C)(C)C)cc9)cc(c3c48)C2=O)c75)C(=O)N(CCCCCC)C6=O)n1. The number of amides is 4. The standard InChI is InChI=1S/C59H62N8O6/c1-9-11-13-15-29-61-56-62-55(60)63-57(64-56)65-67-53(70)40-28-26-38-47-43(72-35-21-17-33(18-22-35)58(3,4)5)31-41-45-39(51(68)66(52(41)69)30-16-14-12-10-2)27-25-37(49(45)47)48-44(32-42(54(67)71)46(40)50(38)48)73-36-23-19-34(20-24-36)59(6,7)8/h17-28,31-32H,9-16,29-30H2,1-8H3,(H4,60,61,62,63,64,65). The molecule has 2 aliphatic heterocycles. The molecule has 7 aromatic carbocycles. The van der Waals surface area contributed by atoms with Gasteiger partial charge in [0, 0.05) is 51.0 Å². The minimum atomic E-state index is -0.677. The van der Waals surface area contributed by atoms with Crippen molar-refractivity contribution < 1.29 is 28.7 Å². The molecule has 0 saturated heterocycles. The van der Waals surface area contributed by atoms with Crippen LogP contribution in [0.1, 0.15) is 159 Å². The first kappa shape index (κ1) is 48.7. The lowest BCUT2D eigenvalue weighted by molar-refractivity contribution is 0.0602. The highest BCUT2D eigenvalue weighted by Crippen LogP contribution is 2.53. The molecule has 0 unspecified atom stereocenters. The highest BCUT2D eigenvalue weighted by molar-refractivity contribution is 6.43. The maximum atomic E-state index is 15.1. The molecule has 73 heavy (non-hydrogen) atoms. The average molecular weight is 979 g/mol. The molecule has 10 rings (SSSR count). The first-order valence-corrected chi connectivity index (χ1v) is 25.6.